The molecule has 47 heavy (non-hydrogen) atoms. The van der Waals surface area contributed by atoms with Gasteiger partial charge in [-0.1, -0.05) is 71.9 Å². The highest BCUT2D eigenvalue weighted by Crippen LogP contribution is 2.33. The molecule has 1 aliphatic heterocycles. The van der Waals surface area contributed by atoms with Gasteiger partial charge in [-0.25, -0.2) is 9.78 Å². The Bertz CT molecular complexity index is 2070. The normalized spacial score (nSPS) is 13.0. The van der Waals surface area contributed by atoms with Gasteiger partial charge in [-0.15, -0.1) is 0 Å². The van der Waals surface area contributed by atoms with E-state index in [0.717, 1.165) is 69.3 Å². The number of aromatic carboxylic acids is 1. The molecule has 1 aliphatic rings. The SMILES string of the molecule is O=C(O)c1ccc(Nc2c(-c3ccc(CON=Cc4ccc(N5CCCC5=O)cc4)cc3)nc3cc(-c4ccccc4)ccn23)cc1. The first-order valence-electron chi connectivity index (χ1n) is 15.3. The molecule has 0 unspecified atom stereocenters. The van der Waals surface area contributed by atoms with Gasteiger partial charge < -0.3 is 20.2 Å². The van der Waals surface area contributed by atoms with Crippen molar-refractivity contribution in [2.75, 3.05) is 16.8 Å². The summed E-state index contributed by atoms with van der Waals surface area (Å²) in [5.41, 5.74) is 8.28. The molecule has 0 radical (unpaired) electrons. The van der Waals surface area contributed by atoms with E-state index in [1.165, 1.54) is 0 Å². The van der Waals surface area contributed by atoms with Crippen LogP contribution in [0.1, 0.15) is 34.3 Å². The van der Waals surface area contributed by atoms with Crippen molar-refractivity contribution in [2.45, 2.75) is 19.4 Å². The van der Waals surface area contributed by atoms with Crippen molar-refractivity contribution in [1.29, 1.82) is 0 Å². The molecule has 9 heteroatoms. The fraction of sp³-hybridized carbons (Fsp3) is 0.105. The van der Waals surface area contributed by atoms with Crippen LogP contribution in [0, 0.1) is 0 Å². The van der Waals surface area contributed by atoms with E-state index >= 15 is 0 Å². The molecule has 1 amide bonds. The van der Waals surface area contributed by atoms with Crippen LogP contribution in [0.15, 0.2) is 127 Å². The number of carboxylic acids is 1. The number of anilines is 3. The van der Waals surface area contributed by atoms with Gasteiger partial charge in [-0.05, 0) is 77.2 Å². The number of pyridine rings is 1. The summed E-state index contributed by atoms with van der Waals surface area (Å²) in [4.78, 5) is 35.8. The summed E-state index contributed by atoms with van der Waals surface area (Å²) in [7, 11) is 0. The zero-order valence-corrected chi connectivity index (χ0v) is 25.4. The summed E-state index contributed by atoms with van der Waals surface area (Å²) in [6, 6.07) is 36.6. The van der Waals surface area contributed by atoms with Crippen LogP contribution in [0.5, 0.6) is 0 Å². The van der Waals surface area contributed by atoms with Crippen molar-refractivity contribution in [2.24, 2.45) is 5.16 Å². The van der Waals surface area contributed by atoms with E-state index in [4.69, 9.17) is 9.82 Å². The molecule has 0 aliphatic carbocycles. The van der Waals surface area contributed by atoms with Gasteiger partial charge in [0.15, 0.2) is 0 Å². The predicted octanol–water partition coefficient (Wildman–Crippen LogP) is 7.79. The first-order chi connectivity index (χ1) is 23.0. The number of nitrogens with zero attached hydrogens (tertiary/aromatic N) is 4. The fourth-order valence-electron chi connectivity index (χ4n) is 5.64. The molecule has 3 heterocycles. The van der Waals surface area contributed by atoms with Gasteiger partial charge in [0, 0.05) is 36.1 Å². The number of nitrogens with one attached hydrogen (secondary N) is 1. The number of amides is 1. The molecule has 1 fully saturated rings. The summed E-state index contributed by atoms with van der Waals surface area (Å²) in [5.74, 6) is -0.0455. The van der Waals surface area contributed by atoms with Gasteiger partial charge in [0.25, 0.3) is 0 Å². The Kier molecular flexibility index (Phi) is 8.17. The van der Waals surface area contributed by atoms with Crippen LogP contribution < -0.4 is 10.2 Å². The zero-order chi connectivity index (χ0) is 32.2. The minimum Gasteiger partial charge on any atom is -0.478 e. The molecule has 0 saturated carbocycles. The third kappa shape index (κ3) is 6.46. The minimum absolute atomic E-state index is 0.166. The van der Waals surface area contributed by atoms with E-state index in [1.807, 2.05) is 82.2 Å². The number of carbonyl (C=O) groups excluding carboxylic acids is 1. The van der Waals surface area contributed by atoms with Crippen molar-refractivity contribution < 1.29 is 19.5 Å². The van der Waals surface area contributed by atoms with Gasteiger partial charge in [-0.3, -0.25) is 9.20 Å². The lowest BCUT2D eigenvalue weighted by molar-refractivity contribution is -0.117. The smallest absolute Gasteiger partial charge is 0.335 e. The Morgan fingerprint density at radius 2 is 1.66 bits per heavy atom. The second-order valence-electron chi connectivity index (χ2n) is 11.3. The molecule has 232 valence electrons. The highest BCUT2D eigenvalue weighted by molar-refractivity contribution is 5.95. The van der Waals surface area contributed by atoms with Crippen molar-refractivity contribution in [3.05, 3.63) is 138 Å². The largest absolute Gasteiger partial charge is 0.478 e. The number of imidazole rings is 1. The topological polar surface area (TPSA) is 109 Å². The monoisotopic (exact) mass is 621 g/mol. The number of oxime groups is 1. The maximum absolute atomic E-state index is 12.0. The number of aromatic nitrogens is 2. The van der Waals surface area contributed by atoms with Gasteiger partial charge in [-0.2, -0.15) is 0 Å². The van der Waals surface area contributed by atoms with E-state index in [-0.39, 0.29) is 11.5 Å². The lowest BCUT2D eigenvalue weighted by Crippen LogP contribution is -2.23. The van der Waals surface area contributed by atoms with Gasteiger partial charge in [0.05, 0.1) is 11.8 Å². The Hall–Kier alpha value is -6.22. The van der Waals surface area contributed by atoms with Crippen LogP contribution in [-0.4, -0.2) is 39.1 Å². The summed E-state index contributed by atoms with van der Waals surface area (Å²) in [6.07, 6.45) is 5.15. The molecule has 6 aromatic rings. The Labute approximate surface area is 271 Å². The number of benzene rings is 4. The molecule has 2 aromatic heterocycles. The Morgan fingerprint density at radius 3 is 2.36 bits per heavy atom. The van der Waals surface area contributed by atoms with Gasteiger partial charge in [0.1, 0.15) is 23.8 Å². The number of hydrogen-bond donors (Lipinski definition) is 2. The molecule has 0 spiro atoms. The van der Waals surface area contributed by atoms with Gasteiger partial charge in [0.2, 0.25) is 5.91 Å². The van der Waals surface area contributed by atoms with E-state index in [2.05, 4.69) is 34.7 Å². The number of carbonyl (C=O) groups is 2. The molecule has 9 nitrogen and oxygen atoms in total. The quantitative estimate of drug-likeness (QED) is 0.119. The first kappa shape index (κ1) is 29.5. The van der Waals surface area contributed by atoms with Crippen molar-refractivity contribution in [3.63, 3.8) is 0 Å². The Morgan fingerprint density at radius 1 is 0.894 bits per heavy atom. The number of fused-ring (bicyclic) bond motifs is 1. The van der Waals surface area contributed by atoms with Crippen LogP contribution in [0.25, 0.3) is 28.0 Å². The van der Waals surface area contributed by atoms with E-state index < -0.39 is 5.97 Å². The second-order valence-corrected chi connectivity index (χ2v) is 11.3. The summed E-state index contributed by atoms with van der Waals surface area (Å²) in [5, 5.41) is 16.9. The number of carboxylic acid groups (broad SMARTS) is 1. The first-order valence-corrected chi connectivity index (χ1v) is 15.3. The lowest BCUT2D eigenvalue weighted by Gasteiger charge is -2.15. The molecule has 7 rings (SSSR count). The minimum atomic E-state index is -0.972. The fourth-order valence-corrected chi connectivity index (χ4v) is 5.64. The van der Waals surface area contributed by atoms with Crippen LogP contribution >= 0.6 is 0 Å². The third-order valence-electron chi connectivity index (χ3n) is 8.14. The lowest BCUT2D eigenvalue weighted by atomic mass is 10.1. The van der Waals surface area contributed by atoms with Crippen LogP contribution in [0.2, 0.25) is 0 Å². The predicted molar refractivity (Wildman–Crippen MR) is 183 cm³/mol. The summed E-state index contributed by atoms with van der Waals surface area (Å²) >= 11 is 0. The standard InChI is InChI=1S/C38H31N5O4/c44-35-7-4-21-42(35)33-18-10-26(11-19-33)24-39-47-25-27-8-12-29(13-9-27)36-37(40-32-16-14-30(15-17-32)38(45)46)43-22-20-31(23-34(43)41-36)28-5-2-1-3-6-28/h1-3,5-6,8-20,22-24,40H,4,7,21,25H2,(H,45,46). The van der Waals surface area contributed by atoms with Crippen molar-refractivity contribution in [3.8, 4) is 22.4 Å². The zero-order valence-electron chi connectivity index (χ0n) is 25.4. The molecule has 2 N–H and O–H groups in total. The van der Waals surface area contributed by atoms with Crippen LogP contribution in [0.4, 0.5) is 17.2 Å². The second kappa shape index (κ2) is 13.0. The molecule has 1 saturated heterocycles. The van der Waals surface area contributed by atoms with E-state index in [9.17, 15) is 14.7 Å². The molecule has 0 bridgehead atoms. The van der Waals surface area contributed by atoms with Crippen LogP contribution in [-0.2, 0) is 16.2 Å². The number of rotatable bonds is 10. The average Bonchev–Trinajstić information content (AvgIpc) is 3.70. The molecule has 0 atom stereocenters. The third-order valence-corrected chi connectivity index (χ3v) is 8.14. The van der Waals surface area contributed by atoms with Crippen molar-refractivity contribution in [1.82, 2.24) is 9.38 Å². The van der Waals surface area contributed by atoms with Gasteiger partial charge >= 0.3 is 5.97 Å². The summed E-state index contributed by atoms with van der Waals surface area (Å²) in [6.45, 7) is 1.06. The summed E-state index contributed by atoms with van der Waals surface area (Å²) < 4.78 is 1.99. The van der Waals surface area contributed by atoms with Crippen LogP contribution in [0.3, 0.4) is 0 Å². The molecule has 4 aromatic carbocycles. The van der Waals surface area contributed by atoms with E-state index in [0.29, 0.717) is 13.0 Å². The Balaban J connectivity index is 1.09. The highest BCUT2D eigenvalue weighted by Gasteiger charge is 2.21. The van der Waals surface area contributed by atoms with E-state index in [1.54, 1.807) is 30.5 Å². The number of hydrogen-bond acceptors (Lipinski definition) is 6. The molecular formula is C38H31N5O4. The van der Waals surface area contributed by atoms with Crippen molar-refractivity contribution >= 4 is 40.9 Å². The highest BCUT2D eigenvalue weighted by atomic mass is 16.6. The average molecular weight is 622 g/mol. The maximum atomic E-state index is 12.0. The maximum Gasteiger partial charge on any atom is 0.335 e. The molecular weight excluding hydrogens is 590 g/mol.